The number of halogens is 1. The van der Waals surface area contributed by atoms with E-state index in [1.165, 1.54) is 0 Å². The molecule has 1 aliphatic rings. The van der Waals surface area contributed by atoms with E-state index >= 15 is 0 Å². The maximum atomic E-state index is 12.5. The van der Waals surface area contributed by atoms with E-state index in [0.29, 0.717) is 17.3 Å². The molecule has 3 rings (SSSR count). The Kier molecular flexibility index (Phi) is 4.05. The largest absolute Gasteiger partial charge is 0.379 e. The molecule has 2 aromatic rings. The first-order chi connectivity index (χ1) is 11.0. The van der Waals surface area contributed by atoms with E-state index in [1.807, 2.05) is 25.1 Å². The summed E-state index contributed by atoms with van der Waals surface area (Å²) in [5.41, 5.74) is 1.58. The average molecular weight is 330 g/mol. The van der Waals surface area contributed by atoms with E-state index in [1.54, 1.807) is 31.3 Å². The van der Waals surface area contributed by atoms with Gasteiger partial charge in [-0.3, -0.25) is 4.79 Å². The van der Waals surface area contributed by atoms with Crippen LogP contribution in [0.1, 0.15) is 24.5 Å². The standard InChI is InChI=1S/C17H16ClN3O2/c1-11-3-8-15(19-10-11)20-16(22)17(2)9-14(21-23-17)12-4-6-13(18)7-5-12/h3-8,10H,9H2,1-2H3,(H,19,20,22). The number of oxime groups is 1. The quantitative estimate of drug-likeness (QED) is 0.936. The Morgan fingerprint density at radius 1 is 1.26 bits per heavy atom. The average Bonchev–Trinajstić information content (AvgIpc) is 2.94. The predicted molar refractivity (Wildman–Crippen MR) is 89.7 cm³/mol. The Hall–Kier alpha value is -2.40. The van der Waals surface area contributed by atoms with Crippen molar-refractivity contribution in [2.75, 3.05) is 5.32 Å². The van der Waals surface area contributed by atoms with Crippen molar-refractivity contribution in [3.05, 3.63) is 58.7 Å². The molecule has 1 N–H and O–H groups in total. The minimum atomic E-state index is -1.05. The van der Waals surface area contributed by atoms with Gasteiger partial charge < -0.3 is 10.2 Å². The number of pyridine rings is 1. The molecule has 1 atom stereocenters. The molecule has 2 heterocycles. The van der Waals surface area contributed by atoms with Crippen LogP contribution < -0.4 is 5.32 Å². The Labute approximate surface area is 139 Å². The Morgan fingerprint density at radius 3 is 2.65 bits per heavy atom. The molecular weight excluding hydrogens is 314 g/mol. The van der Waals surface area contributed by atoms with Gasteiger partial charge in [0.15, 0.2) is 0 Å². The third kappa shape index (κ3) is 3.35. The zero-order chi connectivity index (χ0) is 16.4. The summed E-state index contributed by atoms with van der Waals surface area (Å²) >= 11 is 5.88. The van der Waals surface area contributed by atoms with E-state index in [0.717, 1.165) is 16.8 Å². The summed E-state index contributed by atoms with van der Waals surface area (Å²) in [6.07, 6.45) is 2.08. The van der Waals surface area contributed by atoms with Crippen molar-refractivity contribution >= 4 is 29.0 Å². The number of nitrogens with one attached hydrogen (secondary N) is 1. The van der Waals surface area contributed by atoms with Gasteiger partial charge in [-0.2, -0.15) is 0 Å². The van der Waals surface area contributed by atoms with Crippen molar-refractivity contribution in [1.29, 1.82) is 0 Å². The molecule has 0 saturated heterocycles. The maximum absolute atomic E-state index is 12.5. The molecule has 5 nitrogen and oxygen atoms in total. The normalized spacial score (nSPS) is 19.9. The molecule has 1 amide bonds. The number of aryl methyl sites for hydroxylation is 1. The van der Waals surface area contributed by atoms with Crippen molar-refractivity contribution in [2.45, 2.75) is 25.9 Å². The minimum absolute atomic E-state index is 0.276. The van der Waals surface area contributed by atoms with Crippen LogP contribution in [0, 0.1) is 6.92 Å². The van der Waals surface area contributed by atoms with Crippen molar-refractivity contribution in [3.8, 4) is 0 Å². The second-order valence-corrected chi connectivity index (χ2v) is 6.16. The highest BCUT2D eigenvalue weighted by molar-refractivity contribution is 6.30. The van der Waals surface area contributed by atoms with Gasteiger partial charge >= 0.3 is 0 Å². The van der Waals surface area contributed by atoms with E-state index in [-0.39, 0.29) is 5.91 Å². The lowest BCUT2D eigenvalue weighted by Crippen LogP contribution is -2.40. The summed E-state index contributed by atoms with van der Waals surface area (Å²) in [7, 11) is 0. The molecule has 1 aliphatic heterocycles. The van der Waals surface area contributed by atoms with Crippen LogP contribution in [0.3, 0.4) is 0 Å². The fraction of sp³-hybridized carbons (Fsp3) is 0.235. The molecule has 1 unspecified atom stereocenters. The van der Waals surface area contributed by atoms with Gasteiger partial charge in [-0.05, 0) is 43.2 Å². The van der Waals surface area contributed by atoms with Gasteiger partial charge in [-0.15, -0.1) is 0 Å². The van der Waals surface area contributed by atoms with Gasteiger partial charge in [0, 0.05) is 17.6 Å². The monoisotopic (exact) mass is 329 g/mol. The lowest BCUT2D eigenvalue weighted by molar-refractivity contribution is -0.135. The van der Waals surface area contributed by atoms with Crippen molar-refractivity contribution in [1.82, 2.24) is 4.98 Å². The number of amides is 1. The lowest BCUT2D eigenvalue weighted by atomic mass is 9.95. The first kappa shape index (κ1) is 15.5. The van der Waals surface area contributed by atoms with Crippen LogP contribution in [-0.2, 0) is 9.63 Å². The summed E-state index contributed by atoms with van der Waals surface area (Å²) in [4.78, 5) is 22.1. The highest BCUT2D eigenvalue weighted by atomic mass is 35.5. The highest BCUT2D eigenvalue weighted by Gasteiger charge is 2.42. The number of carbonyl (C=O) groups is 1. The summed E-state index contributed by atoms with van der Waals surface area (Å²) in [6, 6.07) is 10.9. The van der Waals surface area contributed by atoms with Crippen LogP contribution in [0.25, 0.3) is 0 Å². The first-order valence-electron chi connectivity index (χ1n) is 7.21. The number of aromatic nitrogens is 1. The molecule has 0 aliphatic carbocycles. The van der Waals surface area contributed by atoms with E-state index in [9.17, 15) is 4.79 Å². The number of rotatable bonds is 3. The van der Waals surface area contributed by atoms with E-state index < -0.39 is 5.60 Å². The van der Waals surface area contributed by atoms with Gasteiger partial charge in [0.1, 0.15) is 5.82 Å². The highest BCUT2D eigenvalue weighted by Crippen LogP contribution is 2.28. The summed E-state index contributed by atoms with van der Waals surface area (Å²) < 4.78 is 0. The van der Waals surface area contributed by atoms with Crippen LogP contribution in [0.2, 0.25) is 5.02 Å². The summed E-state index contributed by atoms with van der Waals surface area (Å²) in [5.74, 6) is 0.215. The number of hydrogen-bond acceptors (Lipinski definition) is 4. The fourth-order valence-electron chi connectivity index (χ4n) is 2.25. The van der Waals surface area contributed by atoms with Crippen molar-refractivity contribution in [2.24, 2.45) is 5.16 Å². The number of anilines is 1. The second kappa shape index (κ2) is 6.01. The van der Waals surface area contributed by atoms with Gasteiger partial charge in [0.2, 0.25) is 5.60 Å². The number of nitrogens with zero attached hydrogens (tertiary/aromatic N) is 2. The Morgan fingerprint density at radius 2 is 2.00 bits per heavy atom. The minimum Gasteiger partial charge on any atom is -0.379 e. The van der Waals surface area contributed by atoms with Crippen LogP contribution in [0.4, 0.5) is 5.82 Å². The smallest absolute Gasteiger partial charge is 0.272 e. The second-order valence-electron chi connectivity index (χ2n) is 5.72. The van der Waals surface area contributed by atoms with E-state index in [4.69, 9.17) is 16.4 Å². The Bertz CT molecular complexity index is 756. The van der Waals surface area contributed by atoms with Gasteiger partial charge in [0.05, 0.1) is 5.71 Å². The topological polar surface area (TPSA) is 63.6 Å². The summed E-state index contributed by atoms with van der Waals surface area (Å²) in [6.45, 7) is 3.65. The molecule has 23 heavy (non-hydrogen) atoms. The zero-order valence-corrected chi connectivity index (χ0v) is 13.6. The van der Waals surface area contributed by atoms with Crippen LogP contribution in [0.15, 0.2) is 47.8 Å². The Balaban J connectivity index is 1.70. The third-order valence-corrected chi connectivity index (χ3v) is 3.92. The molecular formula is C17H16ClN3O2. The number of benzene rings is 1. The zero-order valence-electron chi connectivity index (χ0n) is 12.8. The molecule has 118 valence electrons. The third-order valence-electron chi connectivity index (χ3n) is 3.67. The molecule has 0 fully saturated rings. The number of hydrogen-bond donors (Lipinski definition) is 1. The molecule has 6 heteroatoms. The molecule has 1 aromatic heterocycles. The summed E-state index contributed by atoms with van der Waals surface area (Å²) in [5, 5.41) is 7.47. The fourth-order valence-corrected chi connectivity index (χ4v) is 2.37. The van der Waals surface area contributed by atoms with Crippen molar-refractivity contribution < 1.29 is 9.63 Å². The van der Waals surface area contributed by atoms with Gasteiger partial charge in [-0.1, -0.05) is 35.0 Å². The SMILES string of the molecule is Cc1ccc(NC(=O)C2(C)CC(c3ccc(Cl)cc3)=NO2)nc1. The molecule has 1 aromatic carbocycles. The van der Waals surface area contributed by atoms with Gasteiger partial charge in [-0.25, -0.2) is 4.98 Å². The maximum Gasteiger partial charge on any atom is 0.272 e. The molecule has 0 radical (unpaired) electrons. The lowest BCUT2D eigenvalue weighted by Gasteiger charge is -2.20. The predicted octanol–water partition coefficient (Wildman–Crippen LogP) is 3.57. The van der Waals surface area contributed by atoms with Gasteiger partial charge in [0.25, 0.3) is 5.91 Å². The first-order valence-corrected chi connectivity index (χ1v) is 7.59. The number of carbonyl (C=O) groups excluding carboxylic acids is 1. The van der Waals surface area contributed by atoms with Crippen LogP contribution in [0.5, 0.6) is 0 Å². The van der Waals surface area contributed by atoms with Crippen LogP contribution >= 0.6 is 11.6 Å². The van der Waals surface area contributed by atoms with E-state index in [2.05, 4.69) is 15.5 Å². The molecule has 0 bridgehead atoms. The van der Waals surface area contributed by atoms with Crippen molar-refractivity contribution in [3.63, 3.8) is 0 Å². The molecule has 0 spiro atoms. The molecule has 0 saturated carbocycles. The van der Waals surface area contributed by atoms with Crippen LogP contribution in [-0.4, -0.2) is 22.2 Å².